The lowest BCUT2D eigenvalue weighted by atomic mass is 10.1. The first-order chi connectivity index (χ1) is 15.1. The quantitative estimate of drug-likeness (QED) is 0.497. The first-order valence-corrected chi connectivity index (χ1v) is 10.6. The number of nitrogens with zero attached hydrogens (tertiary/aromatic N) is 2. The number of fused-ring (bicyclic) bond motifs is 1. The summed E-state index contributed by atoms with van der Waals surface area (Å²) in [7, 11) is 0. The van der Waals surface area contributed by atoms with Gasteiger partial charge in [-0.15, -0.1) is 11.3 Å². The summed E-state index contributed by atoms with van der Waals surface area (Å²) in [5.74, 6) is 0.0586. The number of rotatable bonds is 4. The van der Waals surface area contributed by atoms with Crippen molar-refractivity contribution < 1.29 is 14.3 Å². The second-order valence-electron chi connectivity index (χ2n) is 7.06. The van der Waals surface area contributed by atoms with Gasteiger partial charge in [0, 0.05) is 11.9 Å². The molecule has 3 heterocycles. The Labute approximate surface area is 182 Å². The molecule has 31 heavy (non-hydrogen) atoms. The summed E-state index contributed by atoms with van der Waals surface area (Å²) >= 11 is 1.52. The van der Waals surface area contributed by atoms with Crippen LogP contribution >= 0.6 is 11.3 Å². The largest absolute Gasteiger partial charge is 0.479 e. The molecule has 0 radical (unpaired) electrons. The van der Waals surface area contributed by atoms with Crippen LogP contribution in [0.2, 0.25) is 0 Å². The van der Waals surface area contributed by atoms with Crippen LogP contribution < -0.4 is 15.4 Å². The van der Waals surface area contributed by atoms with E-state index in [1.807, 2.05) is 47.8 Å². The predicted octanol–water partition coefficient (Wildman–Crippen LogP) is 4.57. The normalized spacial score (nSPS) is 15.0. The smallest absolute Gasteiger partial charge is 0.265 e. The third-order valence-electron chi connectivity index (χ3n) is 4.90. The molecule has 2 aromatic carbocycles. The monoisotopic (exact) mass is 430 g/mol. The van der Waals surface area contributed by atoms with Crippen molar-refractivity contribution in [2.75, 3.05) is 10.6 Å². The zero-order valence-corrected chi connectivity index (χ0v) is 17.3. The summed E-state index contributed by atoms with van der Waals surface area (Å²) in [4.78, 5) is 26.0. The van der Waals surface area contributed by atoms with Gasteiger partial charge in [0.25, 0.3) is 11.8 Å². The van der Waals surface area contributed by atoms with E-state index in [0.29, 0.717) is 28.4 Å². The first-order valence-electron chi connectivity index (χ1n) is 9.70. The highest BCUT2D eigenvalue weighted by molar-refractivity contribution is 7.13. The molecule has 2 N–H and O–H groups in total. The number of amides is 2. The number of carbonyl (C=O) groups excluding carboxylic acids is 2. The number of benzene rings is 2. The fraction of sp³-hybridized carbons (Fsp3) is 0.0870. The zero-order chi connectivity index (χ0) is 21.4. The lowest BCUT2D eigenvalue weighted by Crippen LogP contribution is -2.34. The van der Waals surface area contributed by atoms with Crippen molar-refractivity contribution in [3.05, 3.63) is 77.8 Å². The summed E-state index contributed by atoms with van der Waals surface area (Å²) in [6.45, 7) is 1.68. The van der Waals surface area contributed by atoms with Crippen LogP contribution in [-0.2, 0) is 4.79 Å². The summed E-state index contributed by atoms with van der Waals surface area (Å²) in [5.41, 5.74) is 3.01. The van der Waals surface area contributed by atoms with E-state index in [-0.39, 0.29) is 11.8 Å². The molecule has 1 aliphatic heterocycles. The average molecular weight is 430 g/mol. The van der Waals surface area contributed by atoms with Crippen molar-refractivity contribution >= 4 is 34.5 Å². The van der Waals surface area contributed by atoms with Crippen LogP contribution in [0.25, 0.3) is 16.3 Å². The molecule has 1 unspecified atom stereocenters. The third kappa shape index (κ3) is 3.69. The van der Waals surface area contributed by atoms with Crippen molar-refractivity contribution in [1.29, 1.82) is 0 Å². The van der Waals surface area contributed by atoms with Gasteiger partial charge in [-0.1, -0.05) is 24.3 Å². The second-order valence-corrected chi connectivity index (χ2v) is 8.01. The highest BCUT2D eigenvalue weighted by atomic mass is 32.1. The molecule has 2 amide bonds. The number of thiophene rings is 1. The van der Waals surface area contributed by atoms with Gasteiger partial charge < -0.3 is 15.4 Å². The fourth-order valence-corrected chi connectivity index (χ4v) is 4.06. The molecule has 0 bridgehead atoms. The van der Waals surface area contributed by atoms with Gasteiger partial charge in [0.05, 0.1) is 21.8 Å². The van der Waals surface area contributed by atoms with Gasteiger partial charge in [0.1, 0.15) is 11.4 Å². The maximum Gasteiger partial charge on any atom is 0.265 e. The van der Waals surface area contributed by atoms with Crippen molar-refractivity contribution in [2.24, 2.45) is 0 Å². The van der Waals surface area contributed by atoms with Gasteiger partial charge in [0.15, 0.2) is 6.10 Å². The van der Waals surface area contributed by atoms with Crippen molar-refractivity contribution in [3.8, 4) is 22.0 Å². The van der Waals surface area contributed by atoms with E-state index in [1.54, 1.807) is 36.0 Å². The van der Waals surface area contributed by atoms with Crippen molar-refractivity contribution in [2.45, 2.75) is 13.0 Å². The number of aromatic nitrogens is 2. The number of anilines is 2. The maximum absolute atomic E-state index is 13.2. The minimum Gasteiger partial charge on any atom is -0.479 e. The number of hydrogen-bond donors (Lipinski definition) is 2. The van der Waals surface area contributed by atoms with Crippen LogP contribution in [0.4, 0.5) is 11.4 Å². The highest BCUT2D eigenvalue weighted by Crippen LogP contribution is 2.33. The van der Waals surface area contributed by atoms with Crippen molar-refractivity contribution in [3.63, 3.8) is 0 Å². The van der Waals surface area contributed by atoms with E-state index < -0.39 is 6.10 Å². The zero-order valence-electron chi connectivity index (χ0n) is 16.5. The van der Waals surface area contributed by atoms with Gasteiger partial charge in [-0.2, -0.15) is 5.10 Å². The summed E-state index contributed by atoms with van der Waals surface area (Å²) in [6.07, 6.45) is 1.18. The molecule has 8 heteroatoms. The minimum atomic E-state index is -0.551. The molecule has 2 aromatic heterocycles. The molecular weight excluding hydrogens is 412 g/mol. The highest BCUT2D eigenvalue weighted by Gasteiger charge is 2.24. The van der Waals surface area contributed by atoms with Gasteiger partial charge in [-0.05, 0) is 48.7 Å². The van der Waals surface area contributed by atoms with E-state index in [2.05, 4.69) is 15.7 Å². The molecule has 0 spiro atoms. The molecule has 1 atom stereocenters. The van der Waals surface area contributed by atoms with Crippen molar-refractivity contribution in [1.82, 2.24) is 9.78 Å². The van der Waals surface area contributed by atoms with Gasteiger partial charge in [-0.25, -0.2) is 4.68 Å². The van der Waals surface area contributed by atoms with E-state index in [0.717, 1.165) is 10.6 Å². The van der Waals surface area contributed by atoms with E-state index >= 15 is 0 Å². The first kappa shape index (κ1) is 19.1. The molecular formula is C23H18N4O3S. The Balaban J connectivity index is 1.47. The lowest BCUT2D eigenvalue weighted by Gasteiger charge is -2.23. The van der Waals surface area contributed by atoms with Gasteiger partial charge >= 0.3 is 0 Å². The Kier molecular flexibility index (Phi) is 4.76. The van der Waals surface area contributed by atoms with E-state index in [9.17, 15) is 9.59 Å². The van der Waals surface area contributed by atoms with Crippen LogP contribution in [0, 0.1) is 0 Å². The van der Waals surface area contributed by atoms with Crippen LogP contribution in [0.15, 0.2) is 72.2 Å². The second kappa shape index (κ2) is 7.73. The molecule has 154 valence electrons. The third-order valence-corrected chi connectivity index (χ3v) is 5.78. The molecule has 5 rings (SSSR count). The molecule has 1 aliphatic rings. The standard InChI is InChI=1S/C23H18N4O3S/c1-14-22(28)25-18-12-15(9-10-19(18)30-14)24-23(29)17-13-27(16-6-3-2-4-7-16)26-21(17)20-8-5-11-31-20/h2-14H,1H3,(H,24,29)(H,25,28). The summed E-state index contributed by atoms with van der Waals surface area (Å²) < 4.78 is 7.27. The Morgan fingerprint density at radius 1 is 1.16 bits per heavy atom. The van der Waals surface area contributed by atoms with Crippen LogP contribution in [0.5, 0.6) is 5.75 Å². The predicted molar refractivity (Wildman–Crippen MR) is 120 cm³/mol. The fourth-order valence-electron chi connectivity index (χ4n) is 3.33. The van der Waals surface area contributed by atoms with Gasteiger partial charge in [-0.3, -0.25) is 9.59 Å². The number of ether oxygens (including phenoxy) is 1. The molecule has 0 aliphatic carbocycles. The molecule has 4 aromatic rings. The summed E-state index contributed by atoms with van der Waals surface area (Å²) in [6, 6.07) is 18.7. The van der Waals surface area contributed by atoms with Crippen LogP contribution in [-0.4, -0.2) is 27.7 Å². The molecule has 7 nitrogen and oxygen atoms in total. The topological polar surface area (TPSA) is 85.2 Å². The Morgan fingerprint density at radius 3 is 2.77 bits per heavy atom. The number of para-hydroxylation sites is 1. The minimum absolute atomic E-state index is 0.222. The number of nitrogens with one attached hydrogen (secondary N) is 2. The Hall–Kier alpha value is -3.91. The number of carbonyl (C=O) groups is 2. The lowest BCUT2D eigenvalue weighted by molar-refractivity contribution is -0.122. The Bertz CT molecular complexity index is 1270. The van der Waals surface area contributed by atoms with Crippen LogP contribution in [0.3, 0.4) is 0 Å². The molecule has 0 saturated heterocycles. The van der Waals surface area contributed by atoms with Gasteiger partial charge in [0.2, 0.25) is 0 Å². The van der Waals surface area contributed by atoms with Crippen LogP contribution in [0.1, 0.15) is 17.3 Å². The maximum atomic E-state index is 13.2. The van der Waals surface area contributed by atoms with E-state index in [4.69, 9.17) is 4.74 Å². The molecule has 0 saturated carbocycles. The SMILES string of the molecule is CC1Oc2ccc(NC(=O)c3cn(-c4ccccc4)nc3-c3cccs3)cc2NC1=O. The summed E-state index contributed by atoms with van der Waals surface area (Å²) in [5, 5.41) is 12.3. The molecule has 0 fully saturated rings. The number of hydrogen-bond acceptors (Lipinski definition) is 5. The van der Waals surface area contributed by atoms with E-state index in [1.165, 1.54) is 11.3 Å². The Morgan fingerprint density at radius 2 is 2.00 bits per heavy atom. The average Bonchev–Trinajstić information content (AvgIpc) is 3.45.